The number of anilines is 2. The summed E-state index contributed by atoms with van der Waals surface area (Å²) in [7, 11) is 0. The molecule has 1 atom stereocenters. The molecule has 0 bridgehead atoms. The summed E-state index contributed by atoms with van der Waals surface area (Å²) in [4.78, 5) is 17.4. The Hall–Kier alpha value is -4.61. The molecule has 178 valence electrons. The molecule has 0 fully saturated rings. The molecule has 1 unspecified atom stereocenters. The minimum Gasteiger partial charge on any atom is -0.360 e. The summed E-state index contributed by atoms with van der Waals surface area (Å²) < 4.78 is 2.74. The third-order valence-corrected chi connectivity index (χ3v) is 7.74. The first kappa shape index (κ1) is 21.7. The monoisotopic (exact) mass is 546 g/mol. The van der Waals surface area contributed by atoms with Crippen molar-refractivity contribution in [3.63, 3.8) is 0 Å². The fourth-order valence-corrected chi connectivity index (χ4v) is 6.10. The predicted octanol–water partition coefficient (Wildman–Crippen LogP) is 6.02. The summed E-state index contributed by atoms with van der Waals surface area (Å²) in [5.41, 5.74) is 4.92. The number of para-hydroxylation sites is 2. The van der Waals surface area contributed by atoms with Gasteiger partial charge in [0.15, 0.2) is 0 Å². The van der Waals surface area contributed by atoms with Gasteiger partial charge < -0.3 is 15.6 Å². The fourth-order valence-electron chi connectivity index (χ4n) is 5.74. The van der Waals surface area contributed by atoms with Crippen molar-refractivity contribution in [3.05, 3.63) is 111 Å². The molecule has 0 saturated carbocycles. The number of nitriles is 1. The minimum atomic E-state index is -1.35. The zero-order valence-corrected chi connectivity index (χ0v) is 21.2. The second kappa shape index (κ2) is 7.69. The highest BCUT2D eigenvalue weighted by atomic mass is 79.9. The van der Waals surface area contributed by atoms with Crippen LogP contribution < -0.4 is 10.6 Å². The number of halogens is 1. The standard InChI is InChI=1S/C29H19BrN6O/c1-16-25-27(36(35-16)18-7-3-2-4-8-18)34-26(20-15-32-23-12-11-17(30)13-19(20)23)22(14-31)29(25)21-9-5-6-10-24(21)33-28(29)37/h2-13,15,32,34H,1H3,(H,33,37). The number of fused-ring (bicyclic) bond motifs is 5. The van der Waals surface area contributed by atoms with Crippen molar-refractivity contribution < 1.29 is 4.79 Å². The first-order chi connectivity index (χ1) is 18.0. The van der Waals surface area contributed by atoms with Crippen molar-refractivity contribution >= 4 is 49.9 Å². The lowest BCUT2D eigenvalue weighted by Crippen LogP contribution is -2.42. The predicted molar refractivity (Wildman–Crippen MR) is 146 cm³/mol. The average molecular weight is 547 g/mol. The Labute approximate surface area is 220 Å². The SMILES string of the molecule is Cc1nn(-c2ccccc2)c2c1C1(C(=O)Nc3ccccc31)C(C#N)=C(c1c[nH]c3ccc(Br)cc13)N2. The number of aromatic nitrogens is 3. The van der Waals surface area contributed by atoms with Gasteiger partial charge in [0.05, 0.1) is 28.7 Å². The van der Waals surface area contributed by atoms with Crippen molar-refractivity contribution in [2.24, 2.45) is 0 Å². The van der Waals surface area contributed by atoms with E-state index in [2.05, 4.69) is 37.6 Å². The van der Waals surface area contributed by atoms with Gasteiger partial charge in [-0.1, -0.05) is 52.3 Å². The largest absolute Gasteiger partial charge is 0.360 e. The highest BCUT2D eigenvalue weighted by Crippen LogP contribution is 2.55. The van der Waals surface area contributed by atoms with Crippen molar-refractivity contribution in [2.75, 3.05) is 10.6 Å². The molecule has 0 saturated heterocycles. The molecule has 1 amide bonds. The number of rotatable bonds is 2. The van der Waals surface area contributed by atoms with Crippen LogP contribution in [-0.2, 0) is 10.2 Å². The van der Waals surface area contributed by atoms with E-state index in [1.165, 1.54) is 0 Å². The Morgan fingerprint density at radius 2 is 1.81 bits per heavy atom. The maximum atomic E-state index is 14.1. The number of H-pyrrole nitrogens is 1. The van der Waals surface area contributed by atoms with Crippen LogP contribution in [-0.4, -0.2) is 20.7 Å². The number of carbonyl (C=O) groups is 1. The molecule has 7 nitrogen and oxygen atoms in total. The normalized spacial score (nSPS) is 17.9. The summed E-state index contributed by atoms with van der Waals surface area (Å²) >= 11 is 3.58. The Kier molecular flexibility index (Phi) is 4.50. The van der Waals surface area contributed by atoms with E-state index < -0.39 is 5.41 Å². The van der Waals surface area contributed by atoms with Gasteiger partial charge in [-0.3, -0.25) is 4.79 Å². The van der Waals surface area contributed by atoms with Gasteiger partial charge in [0.25, 0.3) is 0 Å². The molecule has 8 heteroatoms. The second-order valence-electron chi connectivity index (χ2n) is 9.19. The number of hydrogen-bond donors (Lipinski definition) is 3. The van der Waals surface area contributed by atoms with Gasteiger partial charge in [-0.25, -0.2) is 4.68 Å². The minimum absolute atomic E-state index is 0.262. The van der Waals surface area contributed by atoms with Crippen LogP contribution in [0.25, 0.3) is 22.3 Å². The van der Waals surface area contributed by atoms with E-state index in [1.54, 1.807) is 0 Å². The van der Waals surface area contributed by atoms with Crippen LogP contribution in [0.1, 0.15) is 22.4 Å². The zero-order chi connectivity index (χ0) is 25.3. The fraction of sp³-hybridized carbons (Fsp3) is 0.0690. The molecule has 0 aliphatic carbocycles. The summed E-state index contributed by atoms with van der Waals surface area (Å²) in [5.74, 6) is 0.399. The molecule has 2 aliphatic rings. The smallest absolute Gasteiger partial charge is 0.245 e. The quantitative estimate of drug-likeness (QED) is 0.252. The molecule has 5 aromatic rings. The van der Waals surface area contributed by atoms with E-state index in [0.29, 0.717) is 34.0 Å². The molecular weight excluding hydrogens is 528 g/mol. The molecule has 3 aromatic carbocycles. The Bertz CT molecular complexity index is 1840. The second-order valence-corrected chi connectivity index (χ2v) is 10.1. The maximum absolute atomic E-state index is 14.1. The molecule has 4 heterocycles. The average Bonchev–Trinajstić information content (AvgIpc) is 3.57. The van der Waals surface area contributed by atoms with Gasteiger partial charge in [-0.05, 0) is 43.3 Å². The summed E-state index contributed by atoms with van der Waals surface area (Å²) in [6.07, 6.45) is 1.88. The lowest BCUT2D eigenvalue weighted by Gasteiger charge is -2.34. The number of aromatic amines is 1. The van der Waals surface area contributed by atoms with E-state index in [9.17, 15) is 10.1 Å². The molecule has 3 N–H and O–H groups in total. The van der Waals surface area contributed by atoms with Gasteiger partial charge in [-0.15, -0.1) is 0 Å². The first-order valence-electron chi connectivity index (χ1n) is 11.8. The number of amides is 1. The molecule has 0 radical (unpaired) electrons. The Morgan fingerprint density at radius 1 is 1.03 bits per heavy atom. The highest BCUT2D eigenvalue weighted by molar-refractivity contribution is 9.10. The van der Waals surface area contributed by atoms with Gasteiger partial charge >= 0.3 is 0 Å². The summed E-state index contributed by atoms with van der Waals surface area (Å²) in [5, 5.41) is 23.1. The third kappa shape index (κ3) is 2.80. The number of hydrogen-bond acceptors (Lipinski definition) is 4. The Morgan fingerprint density at radius 3 is 2.62 bits per heavy atom. The molecule has 7 rings (SSSR count). The molecule has 37 heavy (non-hydrogen) atoms. The lowest BCUT2D eigenvalue weighted by molar-refractivity contribution is -0.118. The van der Waals surface area contributed by atoms with E-state index in [1.807, 2.05) is 90.6 Å². The molecule has 1 spiro atoms. The van der Waals surface area contributed by atoms with Gasteiger partial charge in [-0.2, -0.15) is 10.4 Å². The Balaban J connectivity index is 1.63. The topological polar surface area (TPSA) is 98.5 Å². The van der Waals surface area contributed by atoms with Crippen LogP contribution in [0.4, 0.5) is 11.5 Å². The van der Waals surface area contributed by atoms with Crippen LogP contribution >= 0.6 is 15.9 Å². The molecule has 2 aromatic heterocycles. The molecule has 2 aliphatic heterocycles. The van der Waals surface area contributed by atoms with Crippen LogP contribution in [0.2, 0.25) is 0 Å². The highest BCUT2D eigenvalue weighted by Gasteiger charge is 2.57. The van der Waals surface area contributed by atoms with E-state index in [4.69, 9.17) is 5.10 Å². The van der Waals surface area contributed by atoms with Crippen molar-refractivity contribution in [1.29, 1.82) is 5.26 Å². The number of nitrogens with zero attached hydrogens (tertiary/aromatic N) is 3. The van der Waals surface area contributed by atoms with Crippen molar-refractivity contribution in [1.82, 2.24) is 14.8 Å². The van der Waals surface area contributed by atoms with E-state index in [-0.39, 0.29) is 5.91 Å². The van der Waals surface area contributed by atoms with Crippen molar-refractivity contribution in [2.45, 2.75) is 12.3 Å². The van der Waals surface area contributed by atoms with Gasteiger partial charge in [0.2, 0.25) is 5.91 Å². The van der Waals surface area contributed by atoms with E-state index in [0.717, 1.165) is 32.2 Å². The molecular formula is C29H19BrN6O. The summed E-state index contributed by atoms with van der Waals surface area (Å²) in [6, 6.07) is 25.7. The van der Waals surface area contributed by atoms with Gasteiger partial charge in [0.1, 0.15) is 11.2 Å². The van der Waals surface area contributed by atoms with Crippen LogP contribution in [0.5, 0.6) is 0 Å². The lowest BCUT2D eigenvalue weighted by atomic mass is 9.67. The first-order valence-corrected chi connectivity index (χ1v) is 12.6. The summed E-state index contributed by atoms with van der Waals surface area (Å²) in [6.45, 7) is 1.89. The van der Waals surface area contributed by atoms with Crippen LogP contribution in [0.15, 0.2) is 89.0 Å². The third-order valence-electron chi connectivity index (χ3n) is 7.25. The number of benzene rings is 3. The van der Waals surface area contributed by atoms with Crippen LogP contribution in [0, 0.1) is 18.3 Å². The van der Waals surface area contributed by atoms with Crippen molar-refractivity contribution in [3.8, 4) is 11.8 Å². The maximum Gasteiger partial charge on any atom is 0.245 e. The number of aryl methyl sites for hydroxylation is 1. The van der Waals surface area contributed by atoms with Gasteiger partial charge in [0, 0.05) is 44.0 Å². The van der Waals surface area contributed by atoms with Crippen LogP contribution in [0.3, 0.4) is 0 Å². The number of carbonyl (C=O) groups excluding carboxylic acids is 1. The van der Waals surface area contributed by atoms with E-state index >= 15 is 0 Å². The number of nitrogens with one attached hydrogen (secondary N) is 3. The zero-order valence-electron chi connectivity index (χ0n) is 19.6.